The van der Waals surface area contributed by atoms with Gasteiger partial charge in [-0.15, -0.1) is 0 Å². The molecule has 2 fully saturated rings. The van der Waals surface area contributed by atoms with Crippen molar-refractivity contribution in [3.05, 3.63) is 11.3 Å². The van der Waals surface area contributed by atoms with E-state index in [0.717, 1.165) is 25.1 Å². The first-order valence-electron chi connectivity index (χ1n) is 7.78. The van der Waals surface area contributed by atoms with Crippen molar-refractivity contribution in [2.24, 2.45) is 17.6 Å². The first kappa shape index (κ1) is 15.5. The number of carbonyl (C=O) groups is 2. The summed E-state index contributed by atoms with van der Waals surface area (Å²) in [5.74, 6) is -1.90. The molecule has 22 heavy (non-hydrogen) atoms. The molecule has 0 saturated carbocycles. The maximum atomic E-state index is 12.2. The van der Waals surface area contributed by atoms with E-state index in [9.17, 15) is 19.8 Å². The minimum Gasteiger partial charge on any atom is -0.477 e. The van der Waals surface area contributed by atoms with E-state index in [1.54, 1.807) is 6.92 Å². The number of fused-ring (bicyclic) bond motifs is 1. The van der Waals surface area contributed by atoms with E-state index in [4.69, 9.17) is 5.73 Å². The summed E-state index contributed by atoms with van der Waals surface area (Å²) in [4.78, 5) is 27.4. The van der Waals surface area contributed by atoms with Crippen molar-refractivity contribution in [1.82, 2.24) is 9.80 Å². The molecular formula is C15H23N3O4. The van der Waals surface area contributed by atoms with Gasteiger partial charge in [0.2, 0.25) is 5.91 Å². The number of carbonyl (C=O) groups excluding carboxylic acids is 1. The Bertz CT molecular complexity index is 545. The topological polar surface area (TPSA) is 107 Å². The Hall–Kier alpha value is -1.44. The molecule has 2 unspecified atom stereocenters. The molecule has 0 aliphatic carbocycles. The van der Waals surface area contributed by atoms with E-state index in [2.05, 4.69) is 4.90 Å². The number of amides is 1. The summed E-state index contributed by atoms with van der Waals surface area (Å²) in [5, 5.41) is 19.3. The van der Waals surface area contributed by atoms with Crippen LogP contribution in [0.25, 0.3) is 0 Å². The third-order valence-corrected chi connectivity index (χ3v) is 5.22. The van der Waals surface area contributed by atoms with Crippen molar-refractivity contribution < 1.29 is 19.8 Å². The van der Waals surface area contributed by atoms with Gasteiger partial charge in [0.25, 0.3) is 0 Å². The Kier molecular flexibility index (Phi) is 3.74. The van der Waals surface area contributed by atoms with Crippen molar-refractivity contribution in [1.29, 1.82) is 0 Å². The number of nitrogens with zero attached hydrogens (tertiary/aromatic N) is 2. The Morgan fingerprint density at radius 2 is 2.18 bits per heavy atom. The molecule has 3 aliphatic rings. The van der Waals surface area contributed by atoms with Gasteiger partial charge in [0, 0.05) is 31.6 Å². The second kappa shape index (κ2) is 5.33. The molecule has 5 atom stereocenters. The molecule has 0 spiro atoms. The highest BCUT2D eigenvalue weighted by Gasteiger charge is 2.59. The Morgan fingerprint density at radius 1 is 1.50 bits per heavy atom. The predicted molar refractivity (Wildman–Crippen MR) is 78.7 cm³/mol. The van der Waals surface area contributed by atoms with Crippen LogP contribution in [0.15, 0.2) is 11.3 Å². The molecule has 3 aliphatic heterocycles. The number of likely N-dealkylation sites (tertiary alicyclic amines) is 1. The number of aliphatic hydroxyl groups excluding tert-OH is 1. The van der Waals surface area contributed by atoms with E-state index in [0.29, 0.717) is 6.54 Å². The Morgan fingerprint density at radius 3 is 2.68 bits per heavy atom. The number of aliphatic carboxylic acids is 1. The molecule has 0 aromatic rings. The lowest BCUT2D eigenvalue weighted by atomic mass is 9.77. The van der Waals surface area contributed by atoms with Crippen LogP contribution in [0.4, 0.5) is 0 Å². The molecule has 4 N–H and O–H groups in total. The minimum absolute atomic E-state index is 0.0553. The fraction of sp³-hybridized carbons (Fsp3) is 0.733. The van der Waals surface area contributed by atoms with Crippen LogP contribution < -0.4 is 5.73 Å². The number of hydrogen-bond acceptors (Lipinski definition) is 5. The number of aliphatic hydroxyl groups is 1. The number of hydrogen-bond donors (Lipinski definition) is 3. The van der Waals surface area contributed by atoms with Crippen LogP contribution in [0.3, 0.4) is 0 Å². The van der Waals surface area contributed by atoms with Gasteiger partial charge in [-0.2, -0.15) is 0 Å². The fourth-order valence-electron chi connectivity index (χ4n) is 4.10. The summed E-state index contributed by atoms with van der Waals surface area (Å²) < 4.78 is 0. The van der Waals surface area contributed by atoms with Crippen LogP contribution in [0.2, 0.25) is 0 Å². The highest BCUT2D eigenvalue weighted by Crippen LogP contribution is 2.47. The molecule has 1 amide bonds. The lowest BCUT2D eigenvalue weighted by Gasteiger charge is -2.46. The quantitative estimate of drug-likeness (QED) is 0.588. The van der Waals surface area contributed by atoms with Crippen molar-refractivity contribution in [2.45, 2.75) is 38.5 Å². The van der Waals surface area contributed by atoms with E-state index in [1.807, 2.05) is 6.92 Å². The van der Waals surface area contributed by atoms with Crippen LogP contribution in [-0.4, -0.2) is 69.7 Å². The van der Waals surface area contributed by atoms with E-state index in [1.165, 1.54) is 4.90 Å². The zero-order valence-electron chi connectivity index (χ0n) is 12.9. The molecule has 3 heterocycles. The first-order chi connectivity index (χ1) is 10.3. The van der Waals surface area contributed by atoms with Gasteiger partial charge in [0.05, 0.1) is 18.1 Å². The number of rotatable bonds is 4. The molecule has 122 valence electrons. The fourth-order valence-corrected chi connectivity index (χ4v) is 4.10. The van der Waals surface area contributed by atoms with Crippen LogP contribution in [-0.2, 0) is 9.59 Å². The summed E-state index contributed by atoms with van der Waals surface area (Å²) >= 11 is 0. The smallest absolute Gasteiger partial charge is 0.352 e. The number of carboxylic acid groups (broad SMARTS) is 1. The van der Waals surface area contributed by atoms with Gasteiger partial charge in [-0.3, -0.25) is 9.69 Å². The summed E-state index contributed by atoms with van der Waals surface area (Å²) in [6, 6.07) is -0.0978. The van der Waals surface area contributed by atoms with E-state index in [-0.39, 0.29) is 29.6 Å². The second-order valence-corrected chi connectivity index (χ2v) is 6.72. The van der Waals surface area contributed by atoms with Crippen LogP contribution in [0.5, 0.6) is 0 Å². The SMILES string of the molecule is C[C@@H](O)C1C(=O)N2C(C(=O)O)=C(CN3CC[C@H](N)C3)[C@H](C)C12. The standard InChI is InChI=1S/C15H23N3O4/c1-7-10(6-17-4-3-9(16)5-17)13(15(21)22)18-12(7)11(8(2)19)14(18)20/h7-9,11-12,19H,3-6,16H2,1-2H3,(H,21,22)/t7-,8+,9-,11?,12?/m0/s1. The number of β-lactam (4-membered cyclic amide) rings is 1. The zero-order chi connectivity index (χ0) is 16.2. The van der Waals surface area contributed by atoms with Crippen molar-refractivity contribution in [2.75, 3.05) is 19.6 Å². The monoisotopic (exact) mass is 309 g/mol. The Balaban J connectivity index is 1.87. The molecular weight excluding hydrogens is 286 g/mol. The highest BCUT2D eigenvalue weighted by atomic mass is 16.4. The summed E-state index contributed by atoms with van der Waals surface area (Å²) in [6.07, 6.45) is 0.151. The second-order valence-electron chi connectivity index (χ2n) is 6.72. The molecule has 7 nitrogen and oxygen atoms in total. The minimum atomic E-state index is -1.06. The Labute approximate surface area is 129 Å². The molecule has 0 radical (unpaired) electrons. The van der Waals surface area contributed by atoms with Gasteiger partial charge in [-0.25, -0.2) is 4.79 Å². The van der Waals surface area contributed by atoms with Gasteiger partial charge in [-0.05, 0) is 18.9 Å². The average molecular weight is 309 g/mol. The van der Waals surface area contributed by atoms with E-state index < -0.39 is 18.0 Å². The molecule has 0 aromatic carbocycles. The van der Waals surface area contributed by atoms with Gasteiger partial charge >= 0.3 is 5.97 Å². The largest absolute Gasteiger partial charge is 0.477 e. The molecule has 7 heteroatoms. The first-order valence-corrected chi connectivity index (χ1v) is 7.78. The lowest BCUT2D eigenvalue weighted by molar-refractivity contribution is -0.163. The maximum absolute atomic E-state index is 12.2. The van der Waals surface area contributed by atoms with Crippen LogP contribution >= 0.6 is 0 Å². The molecule has 3 rings (SSSR count). The van der Waals surface area contributed by atoms with Gasteiger partial charge in [0.1, 0.15) is 5.70 Å². The molecule has 2 saturated heterocycles. The number of carboxylic acids is 1. The van der Waals surface area contributed by atoms with Crippen molar-refractivity contribution in [3.8, 4) is 0 Å². The third kappa shape index (κ3) is 2.15. The van der Waals surface area contributed by atoms with Crippen LogP contribution in [0, 0.1) is 11.8 Å². The van der Waals surface area contributed by atoms with E-state index >= 15 is 0 Å². The van der Waals surface area contributed by atoms with Gasteiger partial charge in [-0.1, -0.05) is 6.92 Å². The van der Waals surface area contributed by atoms with Gasteiger partial charge < -0.3 is 20.8 Å². The lowest BCUT2D eigenvalue weighted by Crippen LogP contribution is -2.63. The highest BCUT2D eigenvalue weighted by molar-refractivity contribution is 6.00. The van der Waals surface area contributed by atoms with Gasteiger partial charge in [0.15, 0.2) is 0 Å². The number of nitrogens with two attached hydrogens (primary N) is 1. The van der Waals surface area contributed by atoms with Crippen molar-refractivity contribution >= 4 is 11.9 Å². The third-order valence-electron chi connectivity index (χ3n) is 5.22. The summed E-state index contributed by atoms with van der Waals surface area (Å²) in [7, 11) is 0. The normalized spacial score (nSPS) is 36.5. The molecule has 0 aromatic heterocycles. The zero-order valence-corrected chi connectivity index (χ0v) is 12.9. The molecule has 0 bridgehead atoms. The summed E-state index contributed by atoms with van der Waals surface area (Å²) in [5.41, 5.74) is 6.80. The maximum Gasteiger partial charge on any atom is 0.352 e. The van der Waals surface area contributed by atoms with Crippen molar-refractivity contribution in [3.63, 3.8) is 0 Å². The predicted octanol–water partition coefficient (Wildman–Crippen LogP) is -0.784. The van der Waals surface area contributed by atoms with Crippen LogP contribution in [0.1, 0.15) is 20.3 Å². The average Bonchev–Trinajstić information content (AvgIpc) is 2.92. The summed E-state index contributed by atoms with van der Waals surface area (Å²) in [6.45, 7) is 5.67.